The summed E-state index contributed by atoms with van der Waals surface area (Å²) in [6, 6.07) is 0. The molecule has 0 aliphatic rings. The van der Waals surface area contributed by atoms with E-state index >= 15 is 0 Å². The first-order valence-corrected chi connectivity index (χ1v) is 19.9. The van der Waals surface area contributed by atoms with E-state index in [1.54, 1.807) is 0 Å². The Morgan fingerprint density at radius 2 is 1.16 bits per heavy atom. The quantitative estimate of drug-likeness (QED) is 0.0259. The molecule has 0 saturated heterocycles. The molecule has 0 aromatic carbocycles. The minimum absolute atomic E-state index is 0.00125. The molecule has 0 spiro atoms. The van der Waals surface area contributed by atoms with E-state index < -0.39 is 45.8 Å². The van der Waals surface area contributed by atoms with E-state index in [0.717, 1.165) is 83.5 Å². The lowest BCUT2D eigenvalue weighted by Gasteiger charge is -2.20. The molecular weight excluding hydrogens is 643 g/mol. The zero-order valence-corrected chi connectivity index (χ0v) is 31.3. The lowest BCUT2D eigenvalue weighted by Crippen LogP contribution is -2.29. The predicted octanol–water partition coefficient (Wildman–Crippen LogP) is 9.41. The van der Waals surface area contributed by atoms with Crippen LogP contribution in [0.15, 0.2) is 72.9 Å². The highest BCUT2D eigenvalue weighted by molar-refractivity contribution is 7.47. The van der Waals surface area contributed by atoms with Crippen LogP contribution in [0.5, 0.6) is 0 Å². The van der Waals surface area contributed by atoms with Gasteiger partial charge in [0, 0.05) is 13.0 Å². The summed E-state index contributed by atoms with van der Waals surface area (Å²) in [5.41, 5.74) is 0. The molecule has 0 rings (SSSR count). The fraction of sp³-hybridized carbons (Fsp3) is 0.667. The summed E-state index contributed by atoms with van der Waals surface area (Å²) < 4.78 is 33.1. The number of aliphatic hydroxyl groups excluding tert-OH is 2. The minimum atomic E-state index is -4.53. The van der Waals surface area contributed by atoms with Crippen molar-refractivity contribution in [3.05, 3.63) is 72.9 Å². The van der Waals surface area contributed by atoms with E-state index in [4.69, 9.17) is 23.6 Å². The number of unbranched alkanes of at least 4 members (excludes halogenated alkanes) is 8. The van der Waals surface area contributed by atoms with Gasteiger partial charge in [0.05, 0.1) is 26.4 Å². The molecule has 49 heavy (non-hydrogen) atoms. The number of hydrogen-bond donors (Lipinski definition) is 3. The topological polar surface area (TPSA) is 132 Å². The second-order valence-electron chi connectivity index (χ2n) is 11.9. The van der Waals surface area contributed by atoms with Gasteiger partial charge in [0.2, 0.25) is 0 Å². The van der Waals surface area contributed by atoms with Crippen LogP contribution >= 0.6 is 7.82 Å². The number of carbonyl (C=O) groups excluding carboxylic acids is 1. The maximum atomic E-state index is 12.5. The summed E-state index contributed by atoms with van der Waals surface area (Å²) in [4.78, 5) is 22.4. The Morgan fingerprint density at radius 1 is 0.653 bits per heavy atom. The fourth-order valence-electron chi connectivity index (χ4n) is 4.31. The monoisotopic (exact) mass is 710 g/mol. The zero-order chi connectivity index (χ0) is 36.1. The Kier molecular flexibility index (Phi) is 34.2. The first-order chi connectivity index (χ1) is 23.8. The number of phosphoric acid groups is 1. The smallest absolute Gasteiger partial charge is 0.457 e. The van der Waals surface area contributed by atoms with Gasteiger partial charge in [0.15, 0.2) is 0 Å². The molecule has 0 amide bonds. The molecule has 0 aliphatic heterocycles. The SMILES string of the molecule is CC/C=C\C/C=C\C/C=C\C/C=C\CCCOCC(COP(=O)(O)OCC(O)CO)OC(=O)CCCCCCC/C=C\C/C=C\CCCC. The Labute approximate surface area is 297 Å². The molecule has 10 heteroatoms. The summed E-state index contributed by atoms with van der Waals surface area (Å²) in [5, 5.41) is 18.3. The molecule has 0 bridgehead atoms. The second-order valence-corrected chi connectivity index (χ2v) is 13.3. The second kappa shape index (κ2) is 35.7. The summed E-state index contributed by atoms with van der Waals surface area (Å²) in [6.45, 7) is 3.15. The van der Waals surface area contributed by atoms with Gasteiger partial charge in [-0.2, -0.15) is 0 Å². The molecule has 0 aliphatic carbocycles. The van der Waals surface area contributed by atoms with Gasteiger partial charge in [-0.1, -0.05) is 119 Å². The number of hydrogen-bond acceptors (Lipinski definition) is 8. The average molecular weight is 711 g/mol. The Hall–Kier alpha value is -2.10. The van der Waals surface area contributed by atoms with Crippen LogP contribution in [0.1, 0.15) is 123 Å². The van der Waals surface area contributed by atoms with Crippen LogP contribution < -0.4 is 0 Å². The Balaban J connectivity index is 4.40. The number of phosphoric ester groups is 1. The minimum Gasteiger partial charge on any atom is -0.457 e. The first-order valence-electron chi connectivity index (χ1n) is 18.4. The van der Waals surface area contributed by atoms with Crippen LogP contribution in [0.25, 0.3) is 0 Å². The number of rotatable bonds is 34. The third-order valence-corrected chi connectivity index (χ3v) is 8.08. The number of allylic oxidation sites excluding steroid dienone is 12. The Morgan fingerprint density at radius 3 is 1.76 bits per heavy atom. The summed E-state index contributed by atoms with van der Waals surface area (Å²) in [7, 11) is -4.53. The molecule has 3 unspecified atom stereocenters. The maximum absolute atomic E-state index is 12.5. The molecule has 0 saturated carbocycles. The number of carbonyl (C=O) groups is 1. The van der Waals surface area contributed by atoms with Crippen molar-refractivity contribution in [3.8, 4) is 0 Å². The fourth-order valence-corrected chi connectivity index (χ4v) is 5.10. The van der Waals surface area contributed by atoms with Gasteiger partial charge in [-0.3, -0.25) is 13.8 Å². The molecule has 9 nitrogen and oxygen atoms in total. The van der Waals surface area contributed by atoms with E-state index in [0.29, 0.717) is 13.0 Å². The number of ether oxygens (including phenoxy) is 2. The molecule has 3 N–H and O–H groups in total. The van der Waals surface area contributed by atoms with Crippen molar-refractivity contribution in [2.75, 3.05) is 33.0 Å². The van der Waals surface area contributed by atoms with Crippen molar-refractivity contribution in [2.24, 2.45) is 0 Å². The predicted molar refractivity (Wildman–Crippen MR) is 200 cm³/mol. The van der Waals surface area contributed by atoms with Gasteiger partial charge in [0.1, 0.15) is 12.2 Å². The molecule has 0 aromatic heterocycles. The van der Waals surface area contributed by atoms with Crippen molar-refractivity contribution in [3.63, 3.8) is 0 Å². The summed E-state index contributed by atoms with van der Waals surface area (Å²) in [6.07, 6.45) is 40.1. The molecule has 3 atom stereocenters. The van der Waals surface area contributed by atoms with Gasteiger partial charge in [-0.05, 0) is 70.6 Å². The van der Waals surface area contributed by atoms with Crippen LogP contribution in [-0.4, -0.2) is 66.3 Å². The third-order valence-electron chi connectivity index (χ3n) is 7.13. The highest BCUT2D eigenvalue weighted by atomic mass is 31.2. The van der Waals surface area contributed by atoms with Crippen LogP contribution in [0.3, 0.4) is 0 Å². The molecule has 282 valence electrons. The van der Waals surface area contributed by atoms with Gasteiger partial charge in [-0.15, -0.1) is 0 Å². The van der Waals surface area contributed by atoms with Crippen LogP contribution in [0, 0.1) is 0 Å². The lowest BCUT2D eigenvalue weighted by molar-refractivity contribution is -0.154. The highest BCUT2D eigenvalue weighted by Gasteiger charge is 2.26. The van der Waals surface area contributed by atoms with E-state index in [2.05, 4.69) is 86.8 Å². The normalized spacial score (nSPS) is 15.1. The standard InChI is InChI=1S/C39H67O9P/c1-3-5-7-9-11-13-15-17-19-21-23-25-27-29-31-39(42)48-38(36-47-49(43,44)46-34-37(41)33-40)35-45-32-30-28-26-24-22-20-18-16-14-12-10-8-6-4-2/h6,8-9,11-12,14-15,17-18,20,24,26,37-38,40-41H,3-5,7,10,13,16,19,21-23,25,27-36H2,1-2H3,(H,43,44)/b8-6-,11-9-,14-12-,17-15-,20-18-,26-24-. The number of aliphatic hydroxyl groups is 2. The summed E-state index contributed by atoms with van der Waals surface area (Å²) >= 11 is 0. The highest BCUT2D eigenvalue weighted by Crippen LogP contribution is 2.43. The van der Waals surface area contributed by atoms with Crippen molar-refractivity contribution >= 4 is 13.8 Å². The van der Waals surface area contributed by atoms with Crippen LogP contribution in [0.4, 0.5) is 0 Å². The molecular formula is C39H67O9P. The molecule has 0 aromatic rings. The lowest BCUT2D eigenvalue weighted by atomic mass is 10.1. The van der Waals surface area contributed by atoms with E-state index in [9.17, 15) is 19.4 Å². The van der Waals surface area contributed by atoms with Gasteiger partial charge in [-0.25, -0.2) is 4.57 Å². The molecule has 0 heterocycles. The third kappa shape index (κ3) is 35.5. The maximum Gasteiger partial charge on any atom is 0.472 e. The zero-order valence-electron chi connectivity index (χ0n) is 30.4. The molecule has 0 fully saturated rings. The van der Waals surface area contributed by atoms with Crippen molar-refractivity contribution in [1.29, 1.82) is 0 Å². The van der Waals surface area contributed by atoms with E-state index in [1.165, 1.54) is 12.8 Å². The van der Waals surface area contributed by atoms with Gasteiger partial charge < -0.3 is 24.6 Å². The van der Waals surface area contributed by atoms with Crippen molar-refractivity contribution in [2.45, 2.75) is 135 Å². The summed E-state index contributed by atoms with van der Waals surface area (Å²) in [5.74, 6) is -0.420. The van der Waals surface area contributed by atoms with Crippen molar-refractivity contribution in [1.82, 2.24) is 0 Å². The Bertz CT molecular complexity index is 987. The van der Waals surface area contributed by atoms with Gasteiger partial charge >= 0.3 is 13.8 Å². The van der Waals surface area contributed by atoms with Crippen molar-refractivity contribution < 1.29 is 43.0 Å². The number of esters is 1. The largest absolute Gasteiger partial charge is 0.472 e. The van der Waals surface area contributed by atoms with E-state index in [1.807, 2.05) is 0 Å². The van der Waals surface area contributed by atoms with Crippen LogP contribution in [-0.2, 0) is 27.9 Å². The average Bonchev–Trinajstić information content (AvgIpc) is 3.09. The van der Waals surface area contributed by atoms with E-state index in [-0.39, 0.29) is 13.0 Å². The van der Waals surface area contributed by atoms with Gasteiger partial charge in [0.25, 0.3) is 0 Å². The van der Waals surface area contributed by atoms with Crippen LogP contribution in [0.2, 0.25) is 0 Å². The first kappa shape index (κ1) is 46.9. The molecule has 0 radical (unpaired) electrons.